The van der Waals surface area contributed by atoms with Crippen molar-refractivity contribution in [1.29, 1.82) is 0 Å². The standard InChI is InChI=1S/C10H12O3/c1-10(2,13)8-6-4-3-5-7-9(11)12/h13H,5,7H2,1-2H3,(H,11,12). The highest BCUT2D eigenvalue weighted by Crippen LogP contribution is 1.95. The second-order valence-corrected chi connectivity index (χ2v) is 3.00. The van der Waals surface area contributed by atoms with Crippen molar-refractivity contribution in [3.63, 3.8) is 0 Å². The summed E-state index contributed by atoms with van der Waals surface area (Å²) >= 11 is 0. The van der Waals surface area contributed by atoms with Crippen LogP contribution in [0.1, 0.15) is 26.7 Å². The van der Waals surface area contributed by atoms with Crippen molar-refractivity contribution in [2.24, 2.45) is 0 Å². The first-order chi connectivity index (χ1) is 5.92. The Morgan fingerprint density at radius 2 is 2.00 bits per heavy atom. The second-order valence-electron chi connectivity index (χ2n) is 3.00. The molecule has 0 saturated carbocycles. The Morgan fingerprint density at radius 3 is 2.46 bits per heavy atom. The van der Waals surface area contributed by atoms with Crippen molar-refractivity contribution < 1.29 is 15.0 Å². The predicted octanol–water partition coefficient (Wildman–Crippen LogP) is 0.629. The van der Waals surface area contributed by atoms with Gasteiger partial charge >= 0.3 is 5.97 Å². The second kappa shape index (κ2) is 5.24. The van der Waals surface area contributed by atoms with Crippen LogP contribution in [0, 0.1) is 23.7 Å². The van der Waals surface area contributed by atoms with Gasteiger partial charge in [0.2, 0.25) is 0 Å². The summed E-state index contributed by atoms with van der Waals surface area (Å²) in [5, 5.41) is 17.4. The van der Waals surface area contributed by atoms with Gasteiger partial charge in [-0.1, -0.05) is 11.8 Å². The summed E-state index contributed by atoms with van der Waals surface area (Å²) in [4.78, 5) is 10.0. The molecule has 0 spiro atoms. The van der Waals surface area contributed by atoms with Crippen molar-refractivity contribution in [2.75, 3.05) is 0 Å². The molecule has 0 unspecified atom stereocenters. The average molecular weight is 180 g/mol. The Bertz CT molecular complexity index is 288. The van der Waals surface area contributed by atoms with Crippen molar-refractivity contribution in [1.82, 2.24) is 0 Å². The maximum atomic E-state index is 10.0. The van der Waals surface area contributed by atoms with E-state index in [4.69, 9.17) is 10.2 Å². The van der Waals surface area contributed by atoms with Gasteiger partial charge < -0.3 is 10.2 Å². The summed E-state index contributed by atoms with van der Waals surface area (Å²) in [7, 11) is 0. The number of aliphatic carboxylic acids is 1. The number of carbonyl (C=O) groups is 1. The first-order valence-corrected chi connectivity index (χ1v) is 3.86. The zero-order valence-corrected chi connectivity index (χ0v) is 7.72. The van der Waals surface area contributed by atoms with Crippen LogP contribution in [0.4, 0.5) is 0 Å². The fourth-order valence-electron chi connectivity index (χ4n) is 0.460. The Kier molecular flexibility index (Phi) is 4.66. The van der Waals surface area contributed by atoms with E-state index in [2.05, 4.69) is 23.7 Å². The van der Waals surface area contributed by atoms with Crippen LogP contribution >= 0.6 is 0 Å². The largest absolute Gasteiger partial charge is 0.481 e. The van der Waals surface area contributed by atoms with Crippen LogP contribution in [0.3, 0.4) is 0 Å². The predicted molar refractivity (Wildman–Crippen MR) is 48.7 cm³/mol. The van der Waals surface area contributed by atoms with Gasteiger partial charge in [-0.3, -0.25) is 4.79 Å². The Labute approximate surface area is 77.8 Å². The molecule has 0 amide bonds. The summed E-state index contributed by atoms with van der Waals surface area (Å²) in [6.07, 6.45) is 0.313. The molecular weight excluding hydrogens is 168 g/mol. The topological polar surface area (TPSA) is 57.5 Å². The third kappa shape index (κ3) is 10.6. The number of hydrogen-bond acceptors (Lipinski definition) is 2. The molecule has 0 heterocycles. The fraction of sp³-hybridized carbons (Fsp3) is 0.500. The Hall–Kier alpha value is -1.45. The minimum atomic E-state index is -1.04. The molecule has 0 aromatic rings. The lowest BCUT2D eigenvalue weighted by Gasteiger charge is -2.04. The van der Waals surface area contributed by atoms with Gasteiger partial charge in [-0.15, -0.1) is 0 Å². The first-order valence-electron chi connectivity index (χ1n) is 3.86. The summed E-state index contributed by atoms with van der Waals surface area (Å²) in [6.45, 7) is 3.11. The van der Waals surface area contributed by atoms with Crippen LogP contribution in [0.5, 0.6) is 0 Å². The molecule has 0 fully saturated rings. The molecule has 0 saturated heterocycles. The number of rotatable bonds is 2. The number of hydrogen-bond donors (Lipinski definition) is 2. The van der Waals surface area contributed by atoms with Gasteiger partial charge in [0.1, 0.15) is 5.60 Å². The minimum Gasteiger partial charge on any atom is -0.481 e. The van der Waals surface area contributed by atoms with E-state index >= 15 is 0 Å². The summed E-state index contributed by atoms with van der Waals surface area (Å²) in [6, 6.07) is 0. The molecule has 0 aromatic carbocycles. The molecule has 13 heavy (non-hydrogen) atoms. The number of aliphatic hydroxyl groups is 1. The molecule has 3 heteroatoms. The third-order valence-corrected chi connectivity index (χ3v) is 0.983. The van der Waals surface area contributed by atoms with Crippen LogP contribution in [0.15, 0.2) is 0 Å². The van der Waals surface area contributed by atoms with Gasteiger partial charge in [0.25, 0.3) is 0 Å². The lowest BCUT2D eigenvalue weighted by Crippen LogP contribution is -2.14. The molecule has 0 aliphatic heterocycles. The van der Waals surface area contributed by atoms with Gasteiger partial charge in [0.15, 0.2) is 0 Å². The number of carboxylic acids is 1. The van der Waals surface area contributed by atoms with Crippen LogP contribution in [-0.4, -0.2) is 21.8 Å². The maximum Gasteiger partial charge on any atom is 0.304 e. The van der Waals surface area contributed by atoms with Crippen molar-refractivity contribution in [2.45, 2.75) is 32.3 Å². The maximum absolute atomic E-state index is 10.0. The highest BCUT2D eigenvalue weighted by molar-refractivity contribution is 5.67. The van der Waals surface area contributed by atoms with Crippen LogP contribution in [0.2, 0.25) is 0 Å². The van der Waals surface area contributed by atoms with Crippen LogP contribution in [0.25, 0.3) is 0 Å². The molecule has 0 rings (SSSR count). The molecule has 0 atom stereocenters. The highest BCUT2D eigenvalue weighted by Gasteiger charge is 2.04. The minimum absolute atomic E-state index is 0.0250. The van der Waals surface area contributed by atoms with Crippen LogP contribution < -0.4 is 0 Å². The molecule has 0 aromatic heterocycles. The molecule has 70 valence electrons. The SMILES string of the molecule is CC(C)(O)C#CC#CCCC(=O)O. The Balaban J connectivity index is 3.85. The molecular formula is C10H12O3. The van der Waals surface area contributed by atoms with E-state index in [0.29, 0.717) is 0 Å². The zero-order valence-electron chi connectivity index (χ0n) is 7.72. The van der Waals surface area contributed by atoms with Gasteiger partial charge in [0, 0.05) is 6.42 Å². The van der Waals surface area contributed by atoms with E-state index in [-0.39, 0.29) is 12.8 Å². The van der Waals surface area contributed by atoms with E-state index in [1.54, 1.807) is 13.8 Å². The van der Waals surface area contributed by atoms with Crippen LogP contribution in [-0.2, 0) is 4.79 Å². The average Bonchev–Trinajstić information content (AvgIpc) is 1.93. The third-order valence-electron chi connectivity index (χ3n) is 0.983. The van der Waals surface area contributed by atoms with E-state index < -0.39 is 11.6 Å². The normalized spacial score (nSPS) is 9.15. The van der Waals surface area contributed by atoms with Gasteiger partial charge in [-0.25, -0.2) is 0 Å². The van der Waals surface area contributed by atoms with Gasteiger partial charge in [-0.05, 0) is 25.7 Å². The molecule has 0 radical (unpaired) electrons. The zero-order chi connectivity index (χ0) is 10.3. The van der Waals surface area contributed by atoms with E-state index in [1.807, 2.05) is 0 Å². The van der Waals surface area contributed by atoms with E-state index in [1.165, 1.54) is 0 Å². The molecule has 0 aliphatic rings. The molecule has 0 aliphatic carbocycles. The smallest absolute Gasteiger partial charge is 0.304 e. The van der Waals surface area contributed by atoms with E-state index in [0.717, 1.165) is 0 Å². The summed E-state index contributed by atoms with van der Waals surface area (Å²) in [5.74, 6) is 9.11. The quantitative estimate of drug-likeness (QED) is 0.613. The summed E-state index contributed by atoms with van der Waals surface area (Å²) < 4.78 is 0. The highest BCUT2D eigenvalue weighted by atomic mass is 16.4. The van der Waals surface area contributed by atoms with Crippen molar-refractivity contribution >= 4 is 5.97 Å². The first kappa shape index (κ1) is 11.6. The van der Waals surface area contributed by atoms with E-state index in [9.17, 15) is 4.79 Å². The van der Waals surface area contributed by atoms with Gasteiger partial charge in [-0.2, -0.15) is 0 Å². The van der Waals surface area contributed by atoms with Gasteiger partial charge in [0.05, 0.1) is 6.42 Å². The fourth-order valence-corrected chi connectivity index (χ4v) is 0.460. The number of carboxylic acid groups (broad SMARTS) is 1. The Morgan fingerprint density at radius 1 is 1.38 bits per heavy atom. The monoisotopic (exact) mass is 180 g/mol. The molecule has 3 nitrogen and oxygen atoms in total. The lowest BCUT2D eigenvalue weighted by atomic mass is 10.1. The summed E-state index contributed by atoms with van der Waals surface area (Å²) in [5.41, 5.74) is -1.04. The van der Waals surface area contributed by atoms with Crippen molar-refractivity contribution in [3.05, 3.63) is 0 Å². The molecule has 2 N–H and O–H groups in total. The van der Waals surface area contributed by atoms with Crippen molar-refractivity contribution in [3.8, 4) is 23.7 Å². The molecule has 0 bridgehead atoms. The lowest BCUT2D eigenvalue weighted by molar-refractivity contribution is -0.136.